The van der Waals surface area contributed by atoms with E-state index in [1.54, 1.807) is 0 Å². The second-order valence-corrected chi connectivity index (χ2v) is 4.35. The molecule has 0 radical (unpaired) electrons. The molecule has 3 N–H and O–H groups in total. The van der Waals surface area contributed by atoms with Crippen molar-refractivity contribution in [2.24, 2.45) is 10.9 Å². The van der Waals surface area contributed by atoms with E-state index in [1.807, 2.05) is 26.0 Å². The molecule has 0 amide bonds. The van der Waals surface area contributed by atoms with Crippen LogP contribution in [0.4, 0.5) is 0 Å². The zero-order valence-electron chi connectivity index (χ0n) is 10.0. The third kappa shape index (κ3) is 4.15. The van der Waals surface area contributed by atoms with E-state index in [4.69, 9.17) is 27.3 Å². The van der Waals surface area contributed by atoms with Crippen LogP contribution >= 0.6 is 11.6 Å². The number of nitrogens with two attached hydrogens (primary N) is 1. The minimum atomic E-state index is 0.221. The van der Waals surface area contributed by atoms with E-state index < -0.39 is 0 Å². The van der Waals surface area contributed by atoms with Gasteiger partial charge in [0.25, 0.3) is 0 Å². The van der Waals surface area contributed by atoms with Gasteiger partial charge in [-0.15, -0.1) is 0 Å². The van der Waals surface area contributed by atoms with Crippen molar-refractivity contribution in [1.29, 1.82) is 0 Å². The summed E-state index contributed by atoms with van der Waals surface area (Å²) in [6.45, 7) is 4.44. The zero-order chi connectivity index (χ0) is 12.8. The number of nitrogens with zero attached hydrogens (tertiary/aromatic N) is 1. The van der Waals surface area contributed by atoms with Crippen molar-refractivity contribution in [2.45, 2.75) is 26.7 Å². The molecule has 0 heterocycles. The number of halogens is 1. The van der Waals surface area contributed by atoms with E-state index >= 15 is 0 Å². The van der Waals surface area contributed by atoms with E-state index in [0.29, 0.717) is 24.5 Å². The summed E-state index contributed by atoms with van der Waals surface area (Å²) in [6, 6.07) is 3.74. The highest BCUT2D eigenvalue weighted by molar-refractivity contribution is 6.30. The Kier molecular flexibility index (Phi) is 5.10. The van der Waals surface area contributed by atoms with E-state index in [-0.39, 0.29) is 5.84 Å². The Balaban J connectivity index is 2.52. The Bertz CT molecular complexity index is 396. The Morgan fingerprint density at radius 1 is 1.41 bits per heavy atom. The van der Waals surface area contributed by atoms with Crippen molar-refractivity contribution in [3.8, 4) is 5.75 Å². The van der Waals surface area contributed by atoms with E-state index in [1.165, 1.54) is 0 Å². The summed E-state index contributed by atoms with van der Waals surface area (Å²) in [7, 11) is 0. The molecule has 0 atom stereocenters. The van der Waals surface area contributed by atoms with Crippen LogP contribution < -0.4 is 10.5 Å². The van der Waals surface area contributed by atoms with Crippen LogP contribution in [0.15, 0.2) is 17.3 Å². The number of hydrogen-bond acceptors (Lipinski definition) is 3. The first-order valence-electron chi connectivity index (χ1n) is 5.40. The molecule has 0 spiro atoms. The maximum atomic E-state index is 8.38. The largest absolute Gasteiger partial charge is 0.493 e. The lowest BCUT2D eigenvalue weighted by atomic mass is 10.1. The predicted molar refractivity (Wildman–Crippen MR) is 69.1 cm³/mol. The van der Waals surface area contributed by atoms with Gasteiger partial charge in [0.15, 0.2) is 0 Å². The fourth-order valence-electron chi connectivity index (χ4n) is 1.60. The van der Waals surface area contributed by atoms with Crippen molar-refractivity contribution in [2.75, 3.05) is 6.61 Å². The minimum Gasteiger partial charge on any atom is -0.493 e. The van der Waals surface area contributed by atoms with Gasteiger partial charge < -0.3 is 15.7 Å². The Morgan fingerprint density at radius 3 is 2.53 bits per heavy atom. The van der Waals surface area contributed by atoms with Crippen LogP contribution in [0.5, 0.6) is 5.75 Å². The lowest BCUT2D eigenvalue weighted by Crippen LogP contribution is -2.13. The van der Waals surface area contributed by atoms with Crippen molar-refractivity contribution in [3.05, 3.63) is 28.3 Å². The van der Waals surface area contributed by atoms with Crippen LogP contribution in [-0.4, -0.2) is 17.6 Å². The smallest absolute Gasteiger partial charge is 0.139 e. The highest BCUT2D eigenvalue weighted by Crippen LogP contribution is 2.27. The second kappa shape index (κ2) is 6.35. The molecule has 17 heavy (non-hydrogen) atoms. The Labute approximate surface area is 106 Å². The molecule has 0 saturated heterocycles. The third-order valence-corrected chi connectivity index (χ3v) is 2.60. The Morgan fingerprint density at radius 2 is 2.00 bits per heavy atom. The molecule has 0 aromatic heterocycles. The summed E-state index contributed by atoms with van der Waals surface area (Å²) in [5, 5.41) is 12.0. The first-order valence-corrected chi connectivity index (χ1v) is 5.78. The number of amidine groups is 1. The lowest BCUT2D eigenvalue weighted by molar-refractivity contribution is 0.303. The predicted octanol–water partition coefficient (Wildman–Crippen LogP) is 2.86. The molecule has 0 bridgehead atoms. The second-order valence-electron chi connectivity index (χ2n) is 3.91. The molecule has 1 aromatic rings. The molecule has 0 saturated carbocycles. The van der Waals surface area contributed by atoms with Crippen LogP contribution in [0.1, 0.15) is 24.0 Å². The van der Waals surface area contributed by atoms with Crippen molar-refractivity contribution in [3.63, 3.8) is 0 Å². The number of ether oxygens (including phenoxy) is 1. The number of hydrogen-bond donors (Lipinski definition) is 2. The van der Waals surface area contributed by atoms with Gasteiger partial charge in [0.2, 0.25) is 0 Å². The summed E-state index contributed by atoms with van der Waals surface area (Å²) in [5.41, 5.74) is 7.38. The zero-order valence-corrected chi connectivity index (χ0v) is 10.8. The summed E-state index contributed by atoms with van der Waals surface area (Å²) in [6.07, 6.45) is 1.22. The molecular formula is C12H17ClN2O2. The molecule has 1 rings (SSSR count). The number of oxime groups is 1. The number of rotatable bonds is 5. The first-order chi connectivity index (χ1) is 8.04. The molecule has 0 aliphatic carbocycles. The van der Waals surface area contributed by atoms with E-state index in [0.717, 1.165) is 16.9 Å². The summed E-state index contributed by atoms with van der Waals surface area (Å²) >= 11 is 5.93. The first kappa shape index (κ1) is 13.6. The summed E-state index contributed by atoms with van der Waals surface area (Å²) in [4.78, 5) is 0. The third-order valence-electron chi connectivity index (χ3n) is 2.38. The molecular weight excluding hydrogens is 240 g/mol. The lowest BCUT2D eigenvalue weighted by Gasteiger charge is -2.12. The molecule has 0 aliphatic rings. The van der Waals surface area contributed by atoms with E-state index in [2.05, 4.69) is 5.16 Å². The molecule has 0 aliphatic heterocycles. The van der Waals surface area contributed by atoms with Gasteiger partial charge >= 0.3 is 0 Å². The average molecular weight is 257 g/mol. The molecule has 0 fully saturated rings. The molecule has 4 nitrogen and oxygen atoms in total. The molecule has 5 heteroatoms. The van der Waals surface area contributed by atoms with Crippen molar-refractivity contribution >= 4 is 17.4 Å². The van der Waals surface area contributed by atoms with Gasteiger partial charge in [0, 0.05) is 11.4 Å². The van der Waals surface area contributed by atoms with Gasteiger partial charge in [-0.05, 0) is 43.5 Å². The van der Waals surface area contributed by atoms with Gasteiger partial charge in [0.1, 0.15) is 11.6 Å². The van der Waals surface area contributed by atoms with Crippen molar-refractivity contribution in [1.82, 2.24) is 0 Å². The fourth-order valence-corrected chi connectivity index (χ4v) is 1.93. The SMILES string of the molecule is Cc1cc(Cl)cc(C)c1OCCC/C(N)=N/O. The molecule has 1 aromatic carbocycles. The van der Waals surface area contributed by atoms with Gasteiger partial charge in [-0.1, -0.05) is 16.8 Å². The normalized spacial score (nSPS) is 11.6. The fraction of sp³-hybridized carbons (Fsp3) is 0.417. The number of benzene rings is 1. The summed E-state index contributed by atoms with van der Waals surface area (Å²) in [5.74, 6) is 1.08. The monoisotopic (exact) mass is 256 g/mol. The molecule has 0 unspecified atom stereocenters. The molecule has 94 valence electrons. The van der Waals surface area contributed by atoms with Crippen LogP contribution in [0.3, 0.4) is 0 Å². The van der Waals surface area contributed by atoms with E-state index in [9.17, 15) is 0 Å². The topological polar surface area (TPSA) is 67.8 Å². The van der Waals surface area contributed by atoms with Gasteiger partial charge in [0.05, 0.1) is 6.61 Å². The highest BCUT2D eigenvalue weighted by atomic mass is 35.5. The Hall–Kier alpha value is -1.42. The quantitative estimate of drug-likeness (QED) is 0.280. The minimum absolute atomic E-state index is 0.221. The maximum absolute atomic E-state index is 8.38. The maximum Gasteiger partial charge on any atom is 0.139 e. The van der Waals surface area contributed by atoms with Crippen LogP contribution in [-0.2, 0) is 0 Å². The highest BCUT2D eigenvalue weighted by Gasteiger charge is 2.05. The van der Waals surface area contributed by atoms with Crippen molar-refractivity contribution < 1.29 is 9.94 Å². The average Bonchev–Trinajstić information content (AvgIpc) is 2.26. The number of aryl methyl sites for hydroxylation is 2. The van der Waals surface area contributed by atoms with Crippen LogP contribution in [0.2, 0.25) is 5.02 Å². The van der Waals surface area contributed by atoms with Gasteiger partial charge in [-0.25, -0.2) is 0 Å². The van der Waals surface area contributed by atoms with Crippen LogP contribution in [0, 0.1) is 13.8 Å². The standard InChI is InChI=1S/C12H17ClN2O2/c1-8-6-10(13)7-9(2)12(8)17-5-3-4-11(14)15-16/h6-7,16H,3-5H2,1-2H3,(H2,14,15). The summed E-state index contributed by atoms with van der Waals surface area (Å²) < 4.78 is 5.67. The van der Waals surface area contributed by atoms with Gasteiger partial charge in [-0.2, -0.15) is 0 Å². The van der Waals surface area contributed by atoms with Crippen LogP contribution in [0.25, 0.3) is 0 Å². The van der Waals surface area contributed by atoms with Gasteiger partial charge in [-0.3, -0.25) is 0 Å².